The summed E-state index contributed by atoms with van der Waals surface area (Å²) in [4.78, 5) is 2.60. The molecule has 17 heavy (non-hydrogen) atoms. The highest BCUT2D eigenvalue weighted by atomic mass is 16.5. The van der Waals surface area contributed by atoms with E-state index in [9.17, 15) is 0 Å². The standard InChI is InChI=1S/C14H26N2O/c1-14(5-7-15-8-6-14)12-16-9-3-13(4-10-16)11-17-2/h3,15H,4-12H2,1-2H3. The Kier molecular flexibility index (Phi) is 4.60. The van der Waals surface area contributed by atoms with Crippen LogP contribution in [0.2, 0.25) is 0 Å². The Bertz CT molecular complexity index is 269. The molecule has 2 aliphatic rings. The van der Waals surface area contributed by atoms with E-state index in [-0.39, 0.29) is 0 Å². The highest BCUT2D eigenvalue weighted by Gasteiger charge is 2.29. The fourth-order valence-corrected chi connectivity index (χ4v) is 2.94. The molecule has 0 spiro atoms. The Hall–Kier alpha value is -0.380. The van der Waals surface area contributed by atoms with E-state index in [0.29, 0.717) is 5.41 Å². The molecule has 0 amide bonds. The van der Waals surface area contributed by atoms with Gasteiger partial charge < -0.3 is 10.1 Å². The van der Waals surface area contributed by atoms with E-state index in [2.05, 4.69) is 23.2 Å². The van der Waals surface area contributed by atoms with Gasteiger partial charge in [0.1, 0.15) is 0 Å². The maximum Gasteiger partial charge on any atom is 0.0673 e. The normalized spacial score (nSPS) is 25.6. The molecule has 1 fully saturated rings. The lowest BCUT2D eigenvalue weighted by molar-refractivity contribution is 0.131. The van der Waals surface area contributed by atoms with Crippen molar-refractivity contribution in [1.29, 1.82) is 0 Å². The van der Waals surface area contributed by atoms with Gasteiger partial charge in [-0.25, -0.2) is 0 Å². The number of ether oxygens (including phenoxy) is 1. The number of nitrogens with zero attached hydrogens (tertiary/aromatic N) is 1. The number of hydrogen-bond acceptors (Lipinski definition) is 3. The zero-order chi connectivity index (χ0) is 12.1. The van der Waals surface area contributed by atoms with Gasteiger partial charge in [0.15, 0.2) is 0 Å². The SMILES string of the molecule is COCC1=CCN(CC2(C)CCNCC2)CC1. The summed E-state index contributed by atoms with van der Waals surface area (Å²) in [6, 6.07) is 0. The lowest BCUT2D eigenvalue weighted by atomic mass is 9.80. The number of piperidine rings is 1. The monoisotopic (exact) mass is 238 g/mol. The van der Waals surface area contributed by atoms with Crippen LogP contribution < -0.4 is 5.32 Å². The number of methoxy groups -OCH3 is 1. The van der Waals surface area contributed by atoms with Crippen molar-refractivity contribution in [2.75, 3.05) is 46.4 Å². The minimum Gasteiger partial charge on any atom is -0.380 e. The molecule has 1 saturated heterocycles. The molecule has 0 aromatic rings. The molecule has 98 valence electrons. The van der Waals surface area contributed by atoms with Crippen molar-refractivity contribution in [2.24, 2.45) is 5.41 Å². The molecule has 0 radical (unpaired) electrons. The van der Waals surface area contributed by atoms with Crippen molar-refractivity contribution in [3.63, 3.8) is 0 Å². The van der Waals surface area contributed by atoms with Gasteiger partial charge in [0, 0.05) is 26.7 Å². The minimum atomic E-state index is 0.526. The molecule has 0 aromatic heterocycles. The van der Waals surface area contributed by atoms with Crippen LogP contribution >= 0.6 is 0 Å². The Morgan fingerprint density at radius 1 is 1.41 bits per heavy atom. The molecule has 2 heterocycles. The summed E-state index contributed by atoms with van der Waals surface area (Å²) in [6.45, 7) is 9.22. The summed E-state index contributed by atoms with van der Waals surface area (Å²) >= 11 is 0. The van der Waals surface area contributed by atoms with Crippen molar-refractivity contribution in [2.45, 2.75) is 26.2 Å². The van der Waals surface area contributed by atoms with E-state index in [1.165, 1.54) is 51.0 Å². The Morgan fingerprint density at radius 2 is 2.18 bits per heavy atom. The fourth-order valence-electron chi connectivity index (χ4n) is 2.94. The number of hydrogen-bond donors (Lipinski definition) is 1. The quantitative estimate of drug-likeness (QED) is 0.754. The van der Waals surface area contributed by atoms with Crippen LogP contribution in [0.15, 0.2) is 11.6 Å². The molecule has 0 unspecified atom stereocenters. The largest absolute Gasteiger partial charge is 0.380 e. The van der Waals surface area contributed by atoms with E-state index in [1.54, 1.807) is 7.11 Å². The maximum atomic E-state index is 5.19. The van der Waals surface area contributed by atoms with E-state index in [1.807, 2.05) is 0 Å². The van der Waals surface area contributed by atoms with Crippen molar-refractivity contribution < 1.29 is 4.74 Å². The van der Waals surface area contributed by atoms with Crippen LogP contribution in [0.5, 0.6) is 0 Å². The van der Waals surface area contributed by atoms with E-state index >= 15 is 0 Å². The molecule has 3 nitrogen and oxygen atoms in total. The van der Waals surface area contributed by atoms with E-state index in [0.717, 1.165) is 13.2 Å². The summed E-state index contributed by atoms with van der Waals surface area (Å²) in [5.41, 5.74) is 2.00. The van der Waals surface area contributed by atoms with Crippen molar-refractivity contribution in [3.8, 4) is 0 Å². The fraction of sp³-hybridized carbons (Fsp3) is 0.857. The first-order valence-corrected chi connectivity index (χ1v) is 6.82. The zero-order valence-corrected chi connectivity index (χ0v) is 11.3. The van der Waals surface area contributed by atoms with Gasteiger partial charge in [-0.1, -0.05) is 13.0 Å². The molecule has 2 aliphatic heterocycles. The summed E-state index contributed by atoms with van der Waals surface area (Å²) in [5.74, 6) is 0. The third-order valence-corrected chi connectivity index (χ3v) is 4.13. The van der Waals surface area contributed by atoms with Gasteiger partial charge in [-0.2, -0.15) is 0 Å². The van der Waals surface area contributed by atoms with Gasteiger partial charge in [-0.3, -0.25) is 4.90 Å². The molecule has 2 rings (SSSR count). The first-order chi connectivity index (χ1) is 8.22. The third kappa shape index (κ3) is 3.80. The molecule has 0 atom stereocenters. The van der Waals surface area contributed by atoms with Crippen molar-refractivity contribution in [1.82, 2.24) is 10.2 Å². The maximum absolute atomic E-state index is 5.19. The average molecular weight is 238 g/mol. The molecular weight excluding hydrogens is 212 g/mol. The summed E-state index contributed by atoms with van der Waals surface area (Å²) in [5, 5.41) is 3.45. The minimum absolute atomic E-state index is 0.526. The number of nitrogens with one attached hydrogen (secondary N) is 1. The van der Waals surface area contributed by atoms with Crippen LogP contribution in [-0.2, 0) is 4.74 Å². The summed E-state index contributed by atoms with van der Waals surface area (Å²) < 4.78 is 5.19. The lowest BCUT2D eigenvalue weighted by Gasteiger charge is -2.39. The zero-order valence-electron chi connectivity index (χ0n) is 11.3. The molecule has 0 aromatic carbocycles. The van der Waals surface area contributed by atoms with E-state index in [4.69, 9.17) is 4.74 Å². The van der Waals surface area contributed by atoms with Crippen LogP contribution in [0.4, 0.5) is 0 Å². The molecule has 3 heteroatoms. The highest BCUT2D eigenvalue weighted by Crippen LogP contribution is 2.29. The number of rotatable bonds is 4. The van der Waals surface area contributed by atoms with Crippen LogP contribution in [-0.4, -0.2) is 51.3 Å². The van der Waals surface area contributed by atoms with Gasteiger partial charge in [0.05, 0.1) is 6.61 Å². The second kappa shape index (κ2) is 5.98. The van der Waals surface area contributed by atoms with Crippen LogP contribution in [0.1, 0.15) is 26.2 Å². The third-order valence-electron chi connectivity index (χ3n) is 4.13. The first-order valence-electron chi connectivity index (χ1n) is 6.82. The summed E-state index contributed by atoms with van der Waals surface area (Å²) in [7, 11) is 1.78. The topological polar surface area (TPSA) is 24.5 Å². The van der Waals surface area contributed by atoms with Crippen LogP contribution in [0.25, 0.3) is 0 Å². The summed E-state index contributed by atoms with van der Waals surface area (Å²) in [6.07, 6.45) is 6.18. The first kappa shape index (κ1) is 13.1. The second-order valence-electron chi connectivity index (χ2n) is 5.84. The van der Waals surface area contributed by atoms with Gasteiger partial charge >= 0.3 is 0 Å². The predicted octanol–water partition coefficient (Wildman–Crippen LogP) is 1.65. The van der Waals surface area contributed by atoms with Gasteiger partial charge in [0.2, 0.25) is 0 Å². The molecule has 0 saturated carbocycles. The van der Waals surface area contributed by atoms with Crippen LogP contribution in [0, 0.1) is 5.41 Å². The Balaban J connectivity index is 1.81. The highest BCUT2D eigenvalue weighted by molar-refractivity contribution is 5.08. The Labute approximate surface area is 105 Å². The Morgan fingerprint density at radius 3 is 2.76 bits per heavy atom. The molecule has 1 N–H and O–H groups in total. The van der Waals surface area contributed by atoms with Crippen molar-refractivity contribution in [3.05, 3.63) is 11.6 Å². The average Bonchev–Trinajstić information content (AvgIpc) is 2.33. The predicted molar refractivity (Wildman–Crippen MR) is 71.2 cm³/mol. The van der Waals surface area contributed by atoms with Gasteiger partial charge in [-0.05, 0) is 43.3 Å². The van der Waals surface area contributed by atoms with Gasteiger partial charge in [-0.15, -0.1) is 0 Å². The van der Waals surface area contributed by atoms with Crippen molar-refractivity contribution >= 4 is 0 Å². The molecule has 0 bridgehead atoms. The molecule has 0 aliphatic carbocycles. The lowest BCUT2D eigenvalue weighted by Crippen LogP contribution is -2.44. The van der Waals surface area contributed by atoms with Gasteiger partial charge in [0.25, 0.3) is 0 Å². The second-order valence-corrected chi connectivity index (χ2v) is 5.84. The smallest absolute Gasteiger partial charge is 0.0673 e. The molecular formula is C14H26N2O. The van der Waals surface area contributed by atoms with Crippen LogP contribution in [0.3, 0.4) is 0 Å². The van der Waals surface area contributed by atoms with E-state index < -0.39 is 0 Å².